The summed E-state index contributed by atoms with van der Waals surface area (Å²) in [6.07, 6.45) is 0. The number of halogens is 2. The minimum Gasteiger partial charge on any atom is -0.321 e. The molecule has 0 saturated carbocycles. The fourth-order valence-corrected chi connectivity index (χ4v) is 2.68. The Balaban J connectivity index is 1.82. The predicted molar refractivity (Wildman–Crippen MR) is 81.4 cm³/mol. The lowest BCUT2D eigenvalue weighted by molar-refractivity contribution is 0.102. The third-order valence-electron chi connectivity index (χ3n) is 3.28. The number of fused-ring (bicyclic) bond motifs is 1. The molecule has 1 heterocycles. The molecule has 1 aliphatic rings. The molecule has 0 saturated heterocycles. The van der Waals surface area contributed by atoms with Gasteiger partial charge in [-0.3, -0.25) is 4.79 Å². The molecule has 5 heteroatoms. The number of hydrogen-bond donors (Lipinski definition) is 2. The molecule has 0 fully saturated rings. The van der Waals surface area contributed by atoms with E-state index in [4.69, 9.17) is 23.2 Å². The number of hydrogen-bond acceptors (Lipinski definition) is 2. The Morgan fingerprint density at radius 1 is 1.05 bits per heavy atom. The fourth-order valence-electron chi connectivity index (χ4n) is 2.22. The van der Waals surface area contributed by atoms with Crippen molar-refractivity contribution in [1.82, 2.24) is 5.32 Å². The summed E-state index contributed by atoms with van der Waals surface area (Å²) in [6.45, 7) is 1.67. The summed E-state index contributed by atoms with van der Waals surface area (Å²) in [5, 5.41) is 7.01. The van der Waals surface area contributed by atoms with E-state index in [1.165, 1.54) is 11.1 Å². The van der Waals surface area contributed by atoms with E-state index in [0.29, 0.717) is 21.3 Å². The summed E-state index contributed by atoms with van der Waals surface area (Å²) < 4.78 is 0. The van der Waals surface area contributed by atoms with E-state index in [1.54, 1.807) is 18.2 Å². The number of anilines is 1. The SMILES string of the molecule is O=C(Nc1ccc(Cl)cc1Cl)c1ccc2c(c1)CNC2. The summed E-state index contributed by atoms with van der Waals surface area (Å²) in [4.78, 5) is 12.2. The monoisotopic (exact) mass is 306 g/mol. The van der Waals surface area contributed by atoms with Gasteiger partial charge < -0.3 is 10.6 Å². The van der Waals surface area contributed by atoms with Crippen molar-refractivity contribution in [3.8, 4) is 0 Å². The first-order valence-corrected chi connectivity index (χ1v) is 6.98. The molecule has 1 amide bonds. The Morgan fingerprint density at radius 2 is 1.85 bits per heavy atom. The molecule has 0 unspecified atom stereocenters. The second-order valence-corrected chi connectivity index (χ2v) is 5.51. The summed E-state index contributed by atoms with van der Waals surface area (Å²) in [5.41, 5.74) is 3.59. The van der Waals surface area contributed by atoms with E-state index in [1.807, 2.05) is 18.2 Å². The average molecular weight is 307 g/mol. The van der Waals surface area contributed by atoms with Gasteiger partial charge >= 0.3 is 0 Å². The van der Waals surface area contributed by atoms with Crippen molar-refractivity contribution >= 4 is 34.8 Å². The molecule has 0 aliphatic carbocycles. The first-order valence-electron chi connectivity index (χ1n) is 6.22. The third kappa shape index (κ3) is 2.66. The Kier molecular flexibility index (Phi) is 3.66. The van der Waals surface area contributed by atoms with Gasteiger partial charge in [-0.05, 0) is 41.5 Å². The van der Waals surface area contributed by atoms with Crippen LogP contribution in [0.25, 0.3) is 0 Å². The van der Waals surface area contributed by atoms with Crippen LogP contribution in [-0.4, -0.2) is 5.91 Å². The molecule has 20 heavy (non-hydrogen) atoms. The van der Waals surface area contributed by atoms with Crippen molar-refractivity contribution in [2.45, 2.75) is 13.1 Å². The van der Waals surface area contributed by atoms with Crippen LogP contribution in [0, 0.1) is 0 Å². The molecule has 2 N–H and O–H groups in total. The van der Waals surface area contributed by atoms with Crippen LogP contribution in [-0.2, 0) is 13.1 Å². The lowest BCUT2D eigenvalue weighted by Gasteiger charge is -2.08. The molecule has 0 atom stereocenters. The Bertz CT molecular complexity index is 686. The number of nitrogens with one attached hydrogen (secondary N) is 2. The maximum absolute atomic E-state index is 12.2. The van der Waals surface area contributed by atoms with E-state index in [0.717, 1.165) is 13.1 Å². The largest absolute Gasteiger partial charge is 0.321 e. The van der Waals surface area contributed by atoms with Gasteiger partial charge in [-0.2, -0.15) is 0 Å². The highest BCUT2D eigenvalue weighted by atomic mass is 35.5. The zero-order chi connectivity index (χ0) is 14.1. The zero-order valence-electron chi connectivity index (χ0n) is 10.5. The van der Waals surface area contributed by atoms with Crippen LogP contribution in [0.4, 0.5) is 5.69 Å². The quantitative estimate of drug-likeness (QED) is 0.885. The number of rotatable bonds is 2. The Hall–Kier alpha value is -1.55. The first-order chi connectivity index (χ1) is 9.63. The number of benzene rings is 2. The Morgan fingerprint density at radius 3 is 2.65 bits per heavy atom. The van der Waals surface area contributed by atoms with E-state index < -0.39 is 0 Å². The van der Waals surface area contributed by atoms with Crippen molar-refractivity contribution in [2.24, 2.45) is 0 Å². The van der Waals surface area contributed by atoms with E-state index in [2.05, 4.69) is 10.6 Å². The predicted octanol–water partition coefficient (Wildman–Crippen LogP) is 3.85. The van der Waals surface area contributed by atoms with Gasteiger partial charge in [0.1, 0.15) is 0 Å². The first kappa shape index (κ1) is 13.4. The van der Waals surface area contributed by atoms with Crippen molar-refractivity contribution in [3.63, 3.8) is 0 Å². The maximum atomic E-state index is 12.2. The number of carbonyl (C=O) groups excluding carboxylic acids is 1. The van der Waals surface area contributed by atoms with E-state index in [-0.39, 0.29) is 5.91 Å². The fraction of sp³-hybridized carbons (Fsp3) is 0.133. The smallest absolute Gasteiger partial charge is 0.255 e. The third-order valence-corrected chi connectivity index (χ3v) is 3.83. The summed E-state index contributed by atoms with van der Waals surface area (Å²) >= 11 is 11.9. The van der Waals surface area contributed by atoms with Crippen LogP contribution in [0.1, 0.15) is 21.5 Å². The molecular weight excluding hydrogens is 295 g/mol. The number of carbonyl (C=O) groups is 1. The van der Waals surface area contributed by atoms with Gasteiger partial charge in [-0.1, -0.05) is 29.3 Å². The second kappa shape index (κ2) is 5.44. The second-order valence-electron chi connectivity index (χ2n) is 4.67. The standard InChI is InChI=1S/C15H12Cl2N2O/c16-12-3-4-14(13(17)6-12)19-15(20)9-1-2-10-7-18-8-11(10)5-9/h1-6,18H,7-8H2,(H,19,20). The van der Waals surface area contributed by atoms with E-state index in [9.17, 15) is 4.79 Å². The molecule has 0 bridgehead atoms. The van der Waals surface area contributed by atoms with Crippen molar-refractivity contribution in [2.75, 3.05) is 5.32 Å². The maximum Gasteiger partial charge on any atom is 0.255 e. The lowest BCUT2D eigenvalue weighted by Crippen LogP contribution is -2.12. The topological polar surface area (TPSA) is 41.1 Å². The minimum absolute atomic E-state index is 0.177. The molecule has 1 aliphatic heterocycles. The van der Waals surface area contributed by atoms with Crippen LogP contribution in [0.2, 0.25) is 10.0 Å². The van der Waals surface area contributed by atoms with Crippen LogP contribution in [0.3, 0.4) is 0 Å². The van der Waals surface area contributed by atoms with Gasteiger partial charge in [-0.15, -0.1) is 0 Å². The highest BCUT2D eigenvalue weighted by molar-refractivity contribution is 6.36. The minimum atomic E-state index is -0.177. The molecule has 2 aromatic rings. The molecule has 0 aromatic heterocycles. The Labute approximate surface area is 126 Å². The van der Waals surface area contributed by atoms with Crippen molar-refractivity contribution in [1.29, 1.82) is 0 Å². The molecular formula is C15H12Cl2N2O. The molecule has 0 spiro atoms. The lowest BCUT2D eigenvalue weighted by atomic mass is 10.1. The van der Waals surface area contributed by atoms with Crippen LogP contribution in [0.5, 0.6) is 0 Å². The molecule has 0 radical (unpaired) electrons. The van der Waals surface area contributed by atoms with Gasteiger partial charge in [-0.25, -0.2) is 0 Å². The summed E-state index contributed by atoms with van der Waals surface area (Å²) in [7, 11) is 0. The van der Waals surface area contributed by atoms with Gasteiger partial charge in [0.2, 0.25) is 0 Å². The van der Waals surface area contributed by atoms with E-state index >= 15 is 0 Å². The van der Waals surface area contributed by atoms with Crippen LogP contribution in [0.15, 0.2) is 36.4 Å². The molecule has 3 nitrogen and oxygen atoms in total. The highest BCUT2D eigenvalue weighted by Gasteiger charge is 2.14. The van der Waals surface area contributed by atoms with Crippen LogP contribution >= 0.6 is 23.2 Å². The van der Waals surface area contributed by atoms with Gasteiger partial charge in [0.25, 0.3) is 5.91 Å². The van der Waals surface area contributed by atoms with Crippen LogP contribution < -0.4 is 10.6 Å². The van der Waals surface area contributed by atoms with Gasteiger partial charge in [0, 0.05) is 23.7 Å². The van der Waals surface area contributed by atoms with Crippen molar-refractivity contribution < 1.29 is 4.79 Å². The highest BCUT2D eigenvalue weighted by Crippen LogP contribution is 2.26. The van der Waals surface area contributed by atoms with Crippen molar-refractivity contribution in [3.05, 3.63) is 63.1 Å². The molecule has 102 valence electrons. The molecule has 2 aromatic carbocycles. The average Bonchev–Trinajstić information content (AvgIpc) is 2.89. The zero-order valence-corrected chi connectivity index (χ0v) is 12.1. The normalized spacial score (nSPS) is 13.1. The summed E-state index contributed by atoms with van der Waals surface area (Å²) in [6, 6.07) is 10.7. The molecule has 3 rings (SSSR count). The number of amides is 1. The van der Waals surface area contributed by atoms with Gasteiger partial charge in [0.15, 0.2) is 0 Å². The summed E-state index contributed by atoms with van der Waals surface area (Å²) in [5.74, 6) is -0.177. The van der Waals surface area contributed by atoms with Gasteiger partial charge in [0.05, 0.1) is 10.7 Å².